The molecule has 0 aromatic carbocycles. The van der Waals surface area contributed by atoms with Gasteiger partial charge < -0.3 is 20.3 Å². The lowest BCUT2D eigenvalue weighted by molar-refractivity contribution is -0.143. The Labute approximate surface area is 462 Å². The van der Waals surface area contributed by atoms with Crippen LogP contribution < -0.4 is 5.32 Å². The predicted octanol–water partition coefficient (Wildman–Crippen LogP) is 21.4. The lowest BCUT2D eigenvalue weighted by Gasteiger charge is -2.22. The first-order valence-electron chi connectivity index (χ1n) is 33.6. The SMILES string of the molecule is CCCCCCCCCCCCCCCCCCCC(O)C(CO)NC(=O)CCCCCCCCCCC/C=C\C/C=C\CCCCCCCCCCCOC(=O)CCCCCCCCCCCCCCCCC. The molecule has 0 fully saturated rings. The number of aliphatic hydroxyl groups is 2. The second-order valence-corrected chi connectivity index (χ2v) is 23.2. The molecule has 0 saturated carbocycles. The highest BCUT2D eigenvalue weighted by molar-refractivity contribution is 5.76. The van der Waals surface area contributed by atoms with Gasteiger partial charge in [0.15, 0.2) is 0 Å². The van der Waals surface area contributed by atoms with E-state index in [-0.39, 0.29) is 18.5 Å². The van der Waals surface area contributed by atoms with Crippen LogP contribution >= 0.6 is 0 Å². The quantitative estimate of drug-likeness (QED) is 0.0320. The minimum absolute atomic E-state index is 0.0126. The summed E-state index contributed by atoms with van der Waals surface area (Å²) in [7, 11) is 0. The van der Waals surface area contributed by atoms with Gasteiger partial charge in [-0.15, -0.1) is 0 Å². The highest BCUT2D eigenvalue weighted by Crippen LogP contribution is 2.18. The van der Waals surface area contributed by atoms with Crippen molar-refractivity contribution in [2.45, 2.75) is 386 Å². The Balaban J connectivity index is 3.42. The molecule has 0 bridgehead atoms. The highest BCUT2D eigenvalue weighted by Gasteiger charge is 2.20. The zero-order chi connectivity index (χ0) is 53.6. The molecule has 2 unspecified atom stereocenters. The molecular weight excluding hydrogens is 911 g/mol. The van der Waals surface area contributed by atoms with Crippen molar-refractivity contribution in [3.63, 3.8) is 0 Å². The summed E-state index contributed by atoms with van der Waals surface area (Å²) in [6.07, 6.45) is 79.2. The van der Waals surface area contributed by atoms with E-state index in [4.69, 9.17) is 4.74 Å². The standard InChI is InChI=1S/C68H131NO5/c1-3-5-7-9-11-13-15-17-19-29-33-36-40-44-48-52-56-60-66(71)65(64-70)69-67(72)61-57-53-49-45-41-37-34-30-27-25-23-21-20-22-24-26-28-31-35-39-43-47-51-55-59-63-74-68(73)62-58-54-50-46-42-38-32-18-16-14-12-10-8-6-4-2/h21-24,65-66,70-71H,3-20,25-64H2,1-2H3,(H,69,72)/b23-21-,24-22-. The van der Waals surface area contributed by atoms with Crippen LogP contribution in [0.25, 0.3) is 0 Å². The van der Waals surface area contributed by atoms with Gasteiger partial charge in [-0.25, -0.2) is 0 Å². The van der Waals surface area contributed by atoms with E-state index in [0.29, 0.717) is 25.9 Å². The van der Waals surface area contributed by atoms with E-state index >= 15 is 0 Å². The van der Waals surface area contributed by atoms with Crippen LogP contribution in [0.2, 0.25) is 0 Å². The van der Waals surface area contributed by atoms with E-state index < -0.39 is 12.1 Å². The molecular formula is C68H131NO5. The molecule has 0 aliphatic rings. The van der Waals surface area contributed by atoms with Gasteiger partial charge in [0.05, 0.1) is 25.4 Å². The van der Waals surface area contributed by atoms with E-state index in [2.05, 4.69) is 43.5 Å². The number of carbonyl (C=O) groups is 2. The molecule has 3 N–H and O–H groups in total. The number of hydrogen-bond acceptors (Lipinski definition) is 5. The normalized spacial score (nSPS) is 12.6. The molecule has 438 valence electrons. The van der Waals surface area contributed by atoms with E-state index in [0.717, 1.165) is 44.9 Å². The van der Waals surface area contributed by atoms with Gasteiger partial charge in [0.2, 0.25) is 5.91 Å². The van der Waals surface area contributed by atoms with Crippen molar-refractivity contribution in [3.8, 4) is 0 Å². The van der Waals surface area contributed by atoms with Crippen LogP contribution in [0, 0.1) is 0 Å². The summed E-state index contributed by atoms with van der Waals surface area (Å²) >= 11 is 0. The molecule has 2 atom stereocenters. The molecule has 0 aromatic rings. The molecule has 0 rings (SSSR count). The van der Waals surface area contributed by atoms with Crippen molar-refractivity contribution in [2.75, 3.05) is 13.2 Å². The highest BCUT2D eigenvalue weighted by atomic mass is 16.5. The average molecular weight is 1040 g/mol. The summed E-state index contributed by atoms with van der Waals surface area (Å²) in [5.74, 6) is -0.0255. The summed E-state index contributed by atoms with van der Waals surface area (Å²) in [5.41, 5.74) is 0. The van der Waals surface area contributed by atoms with Crippen molar-refractivity contribution in [1.29, 1.82) is 0 Å². The number of aliphatic hydroxyl groups excluding tert-OH is 2. The first-order chi connectivity index (χ1) is 36.5. The minimum Gasteiger partial charge on any atom is -0.466 e. The Morgan fingerprint density at radius 3 is 1.03 bits per heavy atom. The Bertz CT molecular complexity index is 1150. The second kappa shape index (κ2) is 63.9. The second-order valence-electron chi connectivity index (χ2n) is 23.2. The van der Waals surface area contributed by atoms with E-state index in [9.17, 15) is 19.8 Å². The number of amides is 1. The Morgan fingerprint density at radius 2 is 0.676 bits per heavy atom. The van der Waals surface area contributed by atoms with Gasteiger partial charge in [0, 0.05) is 12.8 Å². The fourth-order valence-electron chi connectivity index (χ4n) is 10.6. The molecule has 1 amide bonds. The molecule has 0 aromatic heterocycles. The third-order valence-electron chi connectivity index (χ3n) is 15.8. The van der Waals surface area contributed by atoms with Crippen LogP contribution in [0.4, 0.5) is 0 Å². The number of ether oxygens (including phenoxy) is 1. The number of hydrogen-bond donors (Lipinski definition) is 3. The number of allylic oxidation sites excluding steroid dienone is 4. The van der Waals surface area contributed by atoms with Crippen LogP contribution in [-0.2, 0) is 14.3 Å². The van der Waals surface area contributed by atoms with E-state index in [1.807, 2.05) is 0 Å². The number of unbranched alkanes of at least 4 members (excludes halogenated alkanes) is 48. The van der Waals surface area contributed by atoms with Gasteiger partial charge in [-0.1, -0.05) is 327 Å². The Morgan fingerprint density at radius 1 is 0.378 bits per heavy atom. The number of nitrogens with one attached hydrogen (secondary N) is 1. The molecule has 6 heteroatoms. The molecule has 74 heavy (non-hydrogen) atoms. The summed E-state index contributed by atoms with van der Waals surface area (Å²) in [6.45, 7) is 4.98. The number of esters is 1. The molecule has 0 heterocycles. The maximum absolute atomic E-state index is 12.5. The fraction of sp³-hybridized carbons (Fsp3) is 0.912. The summed E-state index contributed by atoms with van der Waals surface area (Å²) in [4.78, 5) is 24.6. The summed E-state index contributed by atoms with van der Waals surface area (Å²) in [5, 5.41) is 23.3. The average Bonchev–Trinajstić information content (AvgIpc) is 3.40. The monoisotopic (exact) mass is 1040 g/mol. The maximum atomic E-state index is 12.5. The van der Waals surface area contributed by atoms with E-state index in [1.54, 1.807) is 0 Å². The van der Waals surface area contributed by atoms with Gasteiger partial charge in [-0.05, 0) is 57.8 Å². The van der Waals surface area contributed by atoms with E-state index in [1.165, 1.54) is 295 Å². The largest absolute Gasteiger partial charge is 0.466 e. The Hall–Kier alpha value is -1.66. The first kappa shape index (κ1) is 72.3. The molecule has 0 aliphatic heterocycles. The van der Waals surface area contributed by atoms with Crippen molar-refractivity contribution >= 4 is 11.9 Å². The molecule has 0 aliphatic carbocycles. The summed E-state index contributed by atoms with van der Waals surface area (Å²) < 4.78 is 5.49. The van der Waals surface area contributed by atoms with Crippen molar-refractivity contribution in [3.05, 3.63) is 24.3 Å². The van der Waals surface area contributed by atoms with Crippen molar-refractivity contribution in [1.82, 2.24) is 5.32 Å². The molecule has 0 saturated heterocycles. The Kier molecular flexibility index (Phi) is 62.4. The third-order valence-corrected chi connectivity index (χ3v) is 15.8. The van der Waals surface area contributed by atoms with Crippen molar-refractivity contribution < 1.29 is 24.5 Å². The van der Waals surface area contributed by atoms with Gasteiger partial charge in [-0.3, -0.25) is 9.59 Å². The zero-order valence-electron chi connectivity index (χ0n) is 50.1. The van der Waals surface area contributed by atoms with Gasteiger partial charge in [0.25, 0.3) is 0 Å². The van der Waals surface area contributed by atoms with Crippen LogP contribution in [0.3, 0.4) is 0 Å². The number of rotatable bonds is 63. The van der Waals surface area contributed by atoms with Gasteiger partial charge in [0.1, 0.15) is 0 Å². The van der Waals surface area contributed by atoms with Crippen LogP contribution in [0.5, 0.6) is 0 Å². The fourth-order valence-corrected chi connectivity index (χ4v) is 10.6. The zero-order valence-corrected chi connectivity index (χ0v) is 50.1. The smallest absolute Gasteiger partial charge is 0.305 e. The van der Waals surface area contributed by atoms with Crippen LogP contribution in [0.15, 0.2) is 24.3 Å². The molecule has 0 spiro atoms. The third kappa shape index (κ3) is 59.6. The lowest BCUT2D eigenvalue weighted by Crippen LogP contribution is -2.45. The number of carbonyl (C=O) groups excluding carboxylic acids is 2. The van der Waals surface area contributed by atoms with Gasteiger partial charge >= 0.3 is 5.97 Å². The van der Waals surface area contributed by atoms with Gasteiger partial charge in [-0.2, -0.15) is 0 Å². The maximum Gasteiger partial charge on any atom is 0.305 e. The predicted molar refractivity (Wildman–Crippen MR) is 324 cm³/mol. The molecule has 0 radical (unpaired) electrons. The first-order valence-corrected chi connectivity index (χ1v) is 33.6. The van der Waals surface area contributed by atoms with Crippen LogP contribution in [0.1, 0.15) is 373 Å². The topological polar surface area (TPSA) is 95.9 Å². The summed E-state index contributed by atoms with van der Waals surface area (Å²) in [6, 6.07) is -0.546. The lowest BCUT2D eigenvalue weighted by atomic mass is 10.0. The van der Waals surface area contributed by atoms with Crippen LogP contribution in [-0.4, -0.2) is 47.4 Å². The molecule has 6 nitrogen and oxygen atoms in total. The van der Waals surface area contributed by atoms with Crippen molar-refractivity contribution in [2.24, 2.45) is 0 Å². The minimum atomic E-state index is -0.668.